The fraction of sp³-hybridized carbons (Fsp3) is 0.429. The topological polar surface area (TPSA) is 88.3 Å². The first-order chi connectivity index (χ1) is 14.1. The zero-order chi connectivity index (χ0) is 20.9. The summed E-state index contributed by atoms with van der Waals surface area (Å²) in [5.74, 6) is 2.22. The van der Waals surface area contributed by atoms with E-state index in [1.165, 1.54) is 4.90 Å². The molecule has 0 bridgehead atoms. The summed E-state index contributed by atoms with van der Waals surface area (Å²) < 4.78 is 16.2. The van der Waals surface area contributed by atoms with Gasteiger partial charge in [0.15, 0.2) is 5.96 Å². The Morgan fingerprint density at radius 1 is 1.13 bits per heavy atom. The third-order valence-corrected chi connectivity index (χ3v) is 4.08. The number of guanidine groups is 1. The number of carbonyl (C=O) groups excluding carboxylic acids is 1. The van der Waals surface area contributed by atoms with Crippen LogP contribution in [-0.2, 0) is 22.6 Å². The molecule has 0 atom stereocenters. The number of nitrogens with zero attached hydrogens (tertiary/aromatic N) is 2. The number of methoxy groups -OCH3 is 1. The van der Waals surface area contributed by atoms with E-state index in [9.17, 15) is 4.79 Å². The summed E-state index contributed by atoms with van der Waals surface area (Å²) >= 11 is 0. The van der Waals surface area contributed by atoms with Gasteiger partial charge in [-0.2, -0.15) is 0 Å². The molecule has 166 valence electrons. The van der Waals surface area contributed by atoms with Crippen molar-refractivity contribution in [2.75, 3.05) is 47.4 Å². The Hall–Kier alpha value is -2.27. The predicted molar refractivity (Wildman–Crippen MR) is 127 cm³/mol. The molecule has 0 saturated carbocycles. The van der Waals surface area contributed by atoms with Gasteiger partial charge in [-0.3, -0.25) is 4.79 Å². The first kappa shape index (κ1) is 25.8. The standard InChI is InChI=1S/C21H30N4O4.HI/c1-25(2)20(26)15-24-21(22-11-10-19-5-4-13-29-19)23-12-14-28-16-17-6-8-18(27-3)9-7-17;/h4-9,13H,10-12,14-16H2,1-3H3,(H2,22,23,24);1H. The van der Waals surface area contributed by atoms with Crippen LogP contribution in [0.4, 0.5) is 0 Å². The molecule has 0 aliphatic rings. The average molecular weight is 530 g/mol. The Morgan fingerprint density at radius 3 is 2.50 bits per heavy atom. The fourth-order valence-electron chi connectivity index (χ4n) is 2.37. The number of nitrogens with one attached hydrogen (secondary N) is 2. The van der Waals surface area contributed by atoms with Crippen molar-refractivity contribution in [3.63, 3.8) is 0 Å². The SMILES string of the molecule is COc1ccc(COCCNC(=NCC(=O)N(C)C)NCCc2ccco2)cc1.I. The highest BCUT2D eigenvalue weighted by molar-refractivity contribution is 14.0. The first-order valence-corrected chi connectivity index (χ1v) is 9.54. The second-order valence-electron chi connectivity index (χ2n) is 6.54. The van der Waals surface area contributed by atoms with E-state index in [4.69, 9.17) is 13.9 Å². The predicted octanol–water partition coefficient (Wildman–Crippen LogP) is 2.29. The number of halogens is 1. The molecule has 2 N–H and O–H groups in total. The van der Waals surface area contributed by atoms with Crippen LogP contribution in [-0.4, -0.2) is 64.2 Å². The van der Waals surface area contributed by atoms with Gasteiger partial charge < -0.3 is 29.4 Å². The van der Waals surface area contributed by atoms with Crippen LogP contribution in [0.5, 0.6) is 5.75 Å². The van der Waals surface area contributed by atoms with E-state index in [0.29, 0.717) is 32.3 Å². The first-order valence-electron chi connectivity index (χ1n) is 9.54. The van der Waals surface area contributed by atoms with Crippen molar-refractivity contribution in [1.29, 1.82) is 0 Å². The number of hydrogen-bond acceptors (Lipinski definition) is 5. The summed E-state index contributed by atoms with van der Waals surface area (Å²) in [4.78, 5) is 17.7. The Labute approximate surface area is 195 Å². The number of carbonyl (C=O) groups is 1. The normalized spacial score (nSPS) is 10.8. The molecular weight excluding hydrogens is 499 g/mol. The molecule has 9 heteroatoms. The molecule has 2 rings (SSSR count). The zero-order valence-corrected chi connectivity index (χ0v) is 20.1. The summed E-state index contributed by atoms with van der Waals surface area (Å²) in [6.45, 7) is 2.31. The average Bonchev–Trinajstić information content (AvgIpc) is 3.24. The molecule has 8 nitrogen and oxygen atoms in total. The summed E-state index contributed by atoms with van der Waals surface area (Å²) in [6.07, 6.45) is 2.38. The van der Waals surface area contributed by atoms with Crippen LogP contribution in [0.2, 0.25) is 0 Å². The Kier molecular flexibility index (Phi) is 12.6. The van der Waals surface area contributed by atoms with Crippen LogP contribution in [0.25, 0.3) is 0 Å². The van der Waals surface area contributed by atoms with Gasteiger partial charge in [-0.1, -0.05) is 12.1 Å². The van der Waals surface area contributed by atoms with Crippen molar-refractivity contribution in [2.24, 2.45) is 4.99 Å². The molecule has 0 aliphatic carbocycles. The maximum Gasteiger partial charge on any atom is 0.243 e. The van der Waals surface area contributed by atoms with Crippen LogP contribution in [0, 0.1) is 0 Å². The lowest BCUT2D eigenvalue weighted by Crippen LogP contribution is -2.40. The summed E-state index contributed by atoms with van der Waals surface area (Å²) in [6, 6.07) is 11.6. The van der Waals surface area contributed by atoms with E-state index in [1.54, 1.807) is 27.5 Å². The van der Waals surface area contributed by atoms with Crippen molar-refractivity contribution >= 4 is 35.8 Å². The minimum Gasteiger partial charge on any atom is -0.497 e. The van der Waals surface area contributed by atoms with Crippen LogP contribution >= 0.6 is 24.0 Å². The molecule has 1 aromatic carbocycles. The molecule has 1 amide bonds. The van der Waals surface area contributed by atoms with Gasteiger partial charge >= 0.3 is 0 Å². The molecule has 0 spiro atoms. The minimum absolute atomic E-state index is 0. The third kappa shape index (κ3) is 9.97. The van der Waals surface area contributed by atoms with Gasteiger partial charge in [0.1, 0.15) is 18.1 Å². The quantitative estimate of drug-likeness (QED) is 0.201. The largest absolute Gasteiger partial charge is 0.497 e. The number of benzene rings is 1. The van der Waals surface area contributed by atoms with Gasteiger partial charge in [0.05, 0.1) is 26.6 Å². The van der Waals surface area contributed by atoms with Crippen molar-refractivity contribution < 1.29 is 18.7 Å². The Bertz CT molecular complexity index is 749. The molecule has 1 aromatic heterocycles. The van der Waals surface area contributed by atoms with E-state index in [1.807, 2.05) is 36.4 Å². The van der Waals surface area contributed by atoms with Gasteiger partial charge in [-0.25, -0.2) is 4.99 Å². The van der Waals surface area contributed by atoms with Gasteiger partial charge in [-0.15, -0.1) is 24.0 Å². The zero-order valence-electron chi connectivity index (χ0n) is 17.7. The number of aliphatic imine (C=N–C) groups is 1. The smallest absolute Gasteiger partial charge is 0.243 e. The minimum atomic E-state index is -0.0621. The second kappa shape index (κ2) is 14.7. The van der Waals surface area contributed by atoms with Crippen LogP contribution in [0.3, 0.4) is 0 Å². The van der Waals surface area contributed by atoms with Gasteiger partial charge in [-0.05, 0) is 29.8 Å². The van der Waals surface area contributed by atoms with E-state index in [0.717, 1.165) is 23.5 Å². The number of furan rings is 1. The molecule has 2 aromatic rings. The van der Waals surface area contributed by atoms with Gasteiger partial charge in [0.25, 0.3) is 0 Å². The molecule has 0 saturated heterocycles. The molecule has 0 radical (unpaired) electrons. The summed E-state index contributed by atoms with van der Waals surface area (Å²) in [5, 5.41) is 6.40. The van der Waals surface area contributed by atoms with Crippen LogP contribution in [0.15, 0.2) is 52.1 Å². The van der Waals surface area contributed by atoms with E-state index < -0.39 is 0 Å². The lowest BCUT2D eigenvalue weighted by Gasteiger charge is -2.14. The van der Waals surface area contributed by atoms with Gasteiger partial charge in [0, 0.05) is 33.6 Å². The molecule has 0 aliphatic heterocycles. The number of likely N-dealkylation sites (N-methyl/N-ethyl adjacent to an activating group) is 1. The van der Waals surface area contributed by atoms with Gasteiger partial charge in [0.2, 0.25) is 5.91 Å². The Balaban J connectivity index is 0.00000450. The maximum absolute atomic E-state index is 11.8. The monoisotopic (exact) mass is 530 g/mol. The fourth-order valence-corrected chi connectivity index (χ4v) is 2.37. The highest BCUT2D eigenvalue weighted by Crippen LogP contribution is 2.11. The molecular formula is C21H31IN4O4. The van der Waals surface area contributed by atoms with Crippen LogP contribution < -0.4 is 15.4 Å². The lowest BCUT2D eigenvalue weighted by molar-refractivity contribution is -0.127. The third-order valence-electron chi connectivity index (χ3n) is 4.08. The molecule has 0 fully saturated rings. The Morgan fingerprint density at radius 2 is 1.87 bits per heavy atom. The van der Waals surface area contributed by atoms with Crippen molar-refractivity contribution in [3.8, 4) is 5.75 Å². The van der Waals surface area contributed by atoms with E-state index in [2.05, 4.69) is 15.6 Å². The number of rotatable bonds is 11. The van der Waals surface area contributed by atoms with Crippen molar-refractivity contribution in [1.82, 2.24) is 15.5 Å². The lowest BCUT2D eigenvalue weighted by atomic mass is 10.2. The molecule has 30 heavy (non-hydrogen) atoms. The van der Waals surface area contributed by atoms with Crippen LogP contribution in [0.1, 0.15) is 11.3 Å². The molecule has 0 unspecified atom stereocenters. The second-order valence-corrected chi connectivity index (χ2v) is 6.54. The highest BCUT2D eigenvalue weighted by Gasteiger charge is 2.05. The number of ether oxygens (including phenoxy) is 2. The summed E-state index contributed by atoms with van der Waals surface area (Å²) in [7, 11) is 5.07. The van der Waals surface area contributed by atoms with Crippen molar-refractivity contribution in [3.05, 3.63) is 54.0 Å². The van der Waals surface area contributed by atoms with E-state index in [-0.39, 0.29) is 36.4 Å². The maximum atomic E-state index is 11.8. The van der Waals surface area contributed by atoms with E-state index >= 15 is 0 Å². The summed E-state index contributed by atoms with van der Waals surface area (Å²) in [5.41, 5.74) is 1.08. The number of amides is 1. The number of hydrogen-bond donors (Lipinski definition) is 2. The molecule has 1 heterocycles. The van der Waals surface area contributed by atoms with Crippen molar-refractivity contribution in [2.45, 2.75) is 13.0 Å². The highest BCUT2D eigenvalue weighted by atomic mass is 127.